The van der Waals surface area contributed by atoms with Gasteiger partial charge < -0.3 is 0 Å². The second-order valence-electron chi connectivity index (χ2n) is 9.31. The number of para-hydroxylation sites is 2. The van der Waals surface area contributed by atoms with Gasteiger partial charge in [-0.25, -0.2) is 0 Å². The van der Waals surface area contributed by atoms with Gasteiger partial charge in [-0.3, -0.25) is 0 Å². The van der Waals surface area contributed by atoms with E-state index in [2.05, 4.69) is 67.3 Å². The van der Waals surface area contributed by atoms with Crippen molar-refractivity contribution in [1.29, 1.82) is 0 Å². The van der Waals surface area contributed by atoms with E-state index in [-0.39, 0.29) is 31.5 Å². The molecular weight excluding hydrogens is 505 g/mol. The van der Waals surface area contributed by atoms with Crippen molar-refractivity contribution in [2.24, 2.45) is 0 Å². The second kappa shape index (κ2) is 6.95. The van der Waals surface area contributed by atoms with Crippen molar-refractivity contribution in [2.75, 3.05) is 4.90 Å². The number of Topliss-reactive ketones (excluding diaryl/α,β-unsaturated/α-hetero) is 2. The zero-order valence-electron chi connectivity index (χ0n) is 18.6. The van der Waals surface area contributed by atoms with Gasteiger partial charge in [0.15, 0.2) is 0 Å². The number of fused-ring (bicyclic) bond motifs is 5. The molecule has 0 N–H and O–H groups in total. The van der Waals surface area contributed by atoms with Crippen LogP contribution in [0, 0.1) is 0 Å². The van der Waals surface area contributed by atoms with E-state index in [4.69, 9.17) is 0 Å². The van der Waals surface area contributed by atoms with Crippen LogP contribution >= 0.6 is 11.8 Å². The molecule has 0 amide bonds. The van der Waals surface area contributed by atoms with E-state index < -0.39 is 0 Å². The maximum atomic E-state index is 13.0. The molecule has 0 fully saturated rings. The van der Waals surface area contributed by atoms with E-state index in [0.29, 0.717) is 16.7 Å². The Morgan fingerprint density at radius 2 is 1.50 bits per heavy atom. The van der Waals surface area contributed by atoms with Gasteiger partial charge in [0.1, 0.15) is 0 Å². The molecule has 164 valence electrons. The number of ketones is 2. The molecule has 5 heteroatoms. The van der Waals surface area contributed by atoms with Crippen LogP contribution in [-0.4, -0.2) is 26.1 Å². The van der Waals surface area contributed by atoms with Crippen molar-refractivity contribution in [3.63, 3.8) is 0 Å². The van der Waals surface area contributed by atoms with Gasteiger partial charge in [-0.2, -0.15) is 0 Å². The third kappa shape index (κ3) is 2.60. The first-order valence-corrected chi connectivity index (χ1v) is 13.7. The van der Waals surface area contributed by atoms with Gasteiger partial charge in [0.2, 0.25) is 0 Å². The van der Waals surface area contributed by atoms with Crippen LogP contribution in [0.25, 0.3) is 6.08 Å². The minimum absolute atomic E-state index is 0.0329. The maximum absolute atomic E-state index is 13.0. The van der Waals surface area contributed by atoms with E-state index in [1.54, 1.807) is 12.1 Å². The van der Waals surface area contributed by atoms with Crippen LogP contribution in [-0.2, 0) is 5.41 Å². The van der Waals surface area contributed by atoms with Crippen molar-refractivity contribution in [3.8, 4) is 0 Å². The molecule has 7 rings (SSSR count). The molecule has 0 atom stereocenters. The summed E-state index contributed by atoms with van der Waals surface area (Å²) in [6.45, 7) is 4.57. The molecule has 34 heavy (non-hydrogen) atoms. The van der Waals surface area contributed by atoms with Gasteiger partial charge >= 0.3 is 208 Å². The van der Waals surface area contributed by atoms with E-state index in [1.807, 2.05) is 30.0 Å². The molecule has 3 aliphatic rings. The van der Waals surface area contributed by atoms with Crippen LogP contribution in [0.1, 0.15) is 50.1 Å². The number of hydrogen-bond donors (Lipinski definition) is 0. The van der Waals surface area contributed by atoms with E-state index in [0.717, 1.165) is 4.44 Å². The second-order valence-corrected chi connectivity index (χ2v) is 12.6. The summed E-state index contributed by atoms with van der Waals surface area (Å²) in [6, 6.07) is 24.5. The van der Waals surface area contributed by atoms with Gasteiger partial charge in [-0.05, 0) is 0 Å². The summed E-state index contributed by atoms with van der Waals surface area (Å²) in [5.41, 5.74) is 6.23. The summed E-state index contributed by atoms with van der Waals surface area (Å²) in [5, 5.41) is 0. The zero-order chi connectivity index (χ0) is 23.2. The SMILES string of the molecule is CC1(C)c2cc(C=C3C(=O)c4ccccc4C3=O)[se]c2N2c3ccccc3Sc3cccc1c32. The molecule has 4 aromatic rings. The van der Waals surface area contributed by atoms with E-state index in [9.17, 15) is 9.59 Å². The van der Waals surface area contributed by atoms with Crippen LogP contribution in [0.2, 0.25) is 0 Å². The van der Waals surface area contributed by atoms with Gasteiger partial charge in [0.25, 0.3) is 0 Å². The molecule has 1 aromatic heterocycles. The number of anilines is 3. The van der Waals surface area contributed by atoms with Crippen LogP contribution in [0.3, 0.4) is 0 Å². The number of nitrogens with zero attached hydrogens (tertiary/aromatic N) is 1. The normalized spacial score (nSPS) is 16.6. The number of rotatable bonds is 1. The van der Waals surface area contributed by atoms with E-state index >= 15 is 0 Å². The summed E-state index contributed by atoms with van der Waals surface area (Å²) < 4.78 is 2.37. The van der Waals surface area contributed by atoms with Crippen molar-refractivity contribution >= 4 is 59.8 Å². The Labute approximate surface area is 207 Å². The Hall–Kier alpha value is -3.11. The predicted octanol–water partition coefficient (Wildman–Crippen LogP) is 6.78. The Morgan fingerprint density at radius 1 is 0.824 bits per heavy atom. The third-order valence-electron chi connectivity index (χ3n) is 7.02. The first kappa shape index (κ1) is 20.3. The number of carbonyl (C=O) groups excluding carboxylic acids is 2. The standard InChI is InChI=1S/C29H19NO2SSe/c1-29(2)20-10-7-13-24-25(20)30(22-11-5-6-12-23(22)33-24)28-21(29)15-16(34-28)14-19-26(31)17-8-3-4-9-18(17)27(19)32/h3-15H,1-2H3. The van der Waals surface area contributed by atoms with Gasteiger partial charge in [0.05, 0.1) is 0 Å². The average molecular weight is 525 g/mol. The van der Waals surface area contributed by atoms with E-state index in [1.165, 1.54) is 36.9 Å². The Balaban J connectivity index is 1.44. The first-order valence-electron chi connectivity index (χ1n) is 11.2. The predicted molar refractivity (Wildman–Crippen MR) is 137 cm³/mol. The molecule has 0 saturated carbocycles. The molecule has 0 saturated heterocycles. The monoisotopic (exact) mass is 525 g/mol. The fourth-order valence-corrected chi connectivity index (χ4v) is 9.07. The van der Waals surface area contributed by atoms with Crippen molar-refractivity contribution < 1.29 is 9.59 Å². The van der Waals surface area contributed by atoms with Gasteiger partial charge in [-0.1, -0.05) is 0 Å². The molecule has 0 unspecified atom stereocenters. The molecule has 0 radical (unpaired) electrons. The topological polar surface area (TPSA) is 37.4 Å². The quantitative estimate of drug-likeness (QED) is 0.138. The van der Waals surface area contributed by atoms with Gasteiger partial charge in [-0.15, -0.1) is 0 Å². The molecule has 3 aromatic carbocycles. The number of benzene rings is 3. The summed E-state index contributed by atoms with van der Waals surface area (Å²) in [7, 11) is 0. The fraction of sp³-hybridized carbons (Fsp3) is 0.103. The molecule has 0 spiro atoms. The summed E-state index contributed by atoms with van der Waals surface area (Å²) in [4.78, 5) is 31.0. The summed E-state index contributed by atoms with van der Waals surface area (Å²) >= 11 is 1.80. The molecule has 3 nitrogen and oxygen atoms in total. The number of carbonyl (C=O) groups is 2. The van der Waals surface area contributed by atoms with Crippen LogP contribution in [0.5, 0.6) is 0 Å². The molecule has 1 aliphatic carbocycles. The van der Waals surface area contributed by atoms with Crippen molar-refractivity contribution in [2.45, 2.75) is 29.1 Å². The van der Waals surface area contributed by atoms with Crippen molar-refractivity contribution in [3.05, 3.63) is 105 Å². The zero-order valence-corrected chi connectivity index (χ0v) is 21.1. The van der Waals surface area contributed by atoms with Gasteiger partial charge in [0, 0.05) is 0 Å². The number of allylic oxidation sites excluding steroid dienone is 1. The molecule has 2 aliphatic heterocycles. The number of hydrogen-bond acceptors (Lipinski definition) is 4. The van der Waals surface area contributed by atoms with Crippen LogP contribution in [0.4, 0.5) is 15.9 Å². The van der Waals surface area contributed by atoms with Crippen LogP contribution in [0.15, 0.2) is 88.2 Å². The average Bonchev–Trinajstić information content (AvgIpc) is 3.38. The summed E-state index contributed by atoms with van der Waals surface area (Å²) in [5.74, 6) is -0.321. The van der Waals surface area contributed by atoms with Crippen LogP contribution < -0.4 is 4.90 Å². The third-order valence-corrected chi connectivity index (χ3v) is 10.4. The minimum atomic E-state index is -0.168. The molecule has 0 bridgehead atoms. The Kier molecular flexibility index (Phi) is 4.15. The fourth-order valence-electron chi connectivity index (χ4n) is 5.29. The Morgan fingerprint density at radius 3 is 2.26 bits per heavy atom. The summed E-state index contributed by atoms with van der Waals surface area (Å²) in [6.07, 6.45) is 1.86. The Bertz CT molecular complexity index is 1570. The van der Waals surface area contributed by atoms with Crippen molar-refractivity contribution in [1.82, 2.24) is 0 Å². The molecular formula is C29H19NO2SSe. The first-order chi connectivity index (χ1) is 16.4. The molecule has 3 heterocycles.